The molecule has 1 saturated carbocycles. The van der Waals surface area contributed by atoms with Gasteiger partial charge in [-0.3, -0.25) is 43.7 Å². The van der Waals surface area contributed by atoms with E-state index in [4.69, 9.17) is 28.4 Å². The zero-order chi connectivity index (χ0) is 104. The van der Waals surface area contributed by atoms with Crippen LogP contribution in [0.25, 0.3) is 17.1 Å². The van der Waals surface area contributed by atoms with Gasteiger partial charge in [-0.2, -0.15) is 42.5 Å². The number of amides is 1. The number of halogens is 3. The van der Waals surface area contributed by atoms with Gasteiger partial charge in [0.05, 0.1) is 85.5 Å². The SMILES string of the molecule is CCOc1ccc(CN2CCN(c3cnn(-c4ccccc4)c(=O)c3OC3CCCCC3)CC2)cc1.COc1ccc(CCOc2c(N3CCN(Cc4cccc(O)c4)CC3)cnn(-c3ccccc3)c2=O)cc1.Cc1ccc(C)c(CN2CCN(c3cnn(-c4ccccc4)c(=O)c3OCc3ccccc3)CC2)c1.O=C1C(OC2Cc3ccccc3C2)C(N2CCN(Cc3cccc(C(F)(F)F)c3)CC2)CNN1c1ccccc1. The van der Waals surface area contributed by atoms with Crippen molar-refractivity contribution in [1.82, 2.24) is 59.3 Å². The van der Waals surface area contributed by atoms with Crippen molar-refractivity contribution in [2.45, 2.75) is 135 Å². The van der Waals surface area contributed by atoms with Gasteiger partial charge < -0.3 is 48.2 Å². The fraction of sp³-hybridized carbons (Fsp3) is 0.342. The number of aromatic nitrogens is 6. The number of piperazine rings is 4. The van der Waals surface area contributed by atoms with Gasteiger partial charge in [-0.15, -0.1) is 0 Å². The van der Waals surface area contributed by atoms with Crippen LogP contribution in [0.5, 0.6) is 34.5 Å². The summed E-state index contributed by atoms with van der Waals surface area (Å²) in [5.41, 5.74) is 18.9. The van der Waals surface area contributed by atoms with Gasteiger partial charge in [0.25, 0.3) is 5.91 Å². The molecule has 0 bridgehead atoms. The van der Waals surface area contributed by atoms with E-state index in [2.05, 4.69) is 116 Å². The summed E-state index contributed by atoms with van der Waals surface area (Å²) < 4.78 is 80.0. The van der Waals surface area contributed by atoms with Gasteiger partial charge in [0.1, 0.15) is 40.9 Å². The van der Waals surface area contributed by atoms with Gasteiger partial charge in [-0.25, -0.2) is 10.4 Å². The fourth-order valence-electron chi connectivity index (χ4n) is 20.5. The van der Waals surface area contributed by atoms with Crippen LogP contribution >= 0.6 is 0 Å². The molecule has 5 aliphatic heterocycles. The Kier molecular flexibility index (Phi) is 35.7. The van der Waals surface area contributed by atoms with Crippen LogP contribution in [0.4, 0.5) is 35.9 Å². The number of ether oxygens (including phenoxy) is 6. The molecule has 2 aliphatic carbocycles. The van der Waals surface area contributed by atoms with E-state index in [1.807, 2.05) is 225 Å². The van der Waals surface area contributed by atoms with E-state index in [1.54, 1.807) is 42.7 Å². The molecule has 1 amide bonds. The van der Waals surface area contributed by atoms with Crippen LogP contribution in [-0.4, -0.2) is 221 Å². The Morgan fingerprint density at radius 1 is 0.413 bits per heavy atom. The number of aryl methyl sites for hydroxylation is 2. The number of hydrazine groups is 1. The Hall–Kier alpha value is -14.8. The molecule has 6 fully saturated rings. The predicted molar refractivity (Wildman–Crippen MR) is 581 cm³/mol. The molecule has 21 rings (SSSR count). The minimum absolute atomic E-state index is 0.0632. The first kappa shape index (κ1) is 105. The highest BCUT2D eigenvalue weighted by Crippen LogP contribution is 2.37. The monoisotopic (exact) mass is 2030 g/mol. The van der Waals surface area contributed by atoms with Crippen LogP contribution < -0.4 is 65.5 Å². The molecule has 8 heterocycles. The standard InChI is InChI=1S/C31H33F3N4O2.C30H32N4O4.C30H32N4O2.C29H36N4O3/c32-31(33,34)25-10-6-7-22(17-25)21-36-13-15-37(16-14-36)28-20-35-38(26-11-2-1-3-12-26)30(39)29(28)40-27-18-23-8-4-5-9-24(23)19-27;1-37-27-12-10-23(11-13-27)14-19-38-29-28(21-31-34(30(29)36)25-7-3-2-4-8-25)33-17-15-32(16-18-33)22-24-6-5-9-26(35)20-24;1-23-13-14-24(2)26(19-23)21-32-15-17-33(18-16-32)28-20-31-34(27-11-7-4-8-12-27)30(35)29(28)36-22-25-9-5-3-6-10-25;1-2-35-25-15-13-23(14-16-25)22-31-17-19-32(20-18-31)27-21-30-33(24-9-5-3-6-10-24)29(34)28(27)36-26-11-7-4-8-12-26/h1-12,17,27-29,35H,13-16,18-21H2;2-13,20-21,35H,14-19,22H2,1H3;3-14,19-20H,15-18,21-22H2,1-2H3;3,5-6,9-10,13-16,21,26H,2,4,7-8,11-12,17-20,22H2,1H3. The van der Waals surface area contributed by atoms with E-state index >= 15 is 0 Å². The summed E-state index contributed by atoms with van der Waals surface area (Å²) in [7, 11) is 1.65. The van der Waals surface area contributed by atoms with Crippen molar-refractivity contribution < 1.29 is 51.5 Å². The Morgan fingerprint density at radius 2 is 0.860 bits per heavy atom. The van der Waals surface area contributed by atoms with Crippen molar-refractivity contribution in [2.24, 2.45) is 0 Å². The maximum absolute atomic E-state index is 13.9. The molecule has 780 valence electrons. The number of anilines is 4. The third-order valence-electron chi connectivity index (χ3n) is 28.8. The number of alkyl halides is 3. The van der Waals surface area contributed by atoms with Crippen LogP contribution in [0, 0.1) is 13.8 Å². The summed E-state index contributed by atoms with van der Waals surface area (Å²) in [5.74, 6) is 3.00. The number of phenols is 1. The molecular weight excluding hydrogens is 1900 g/mol. The van der Waals surface area contributed by atoms with Crippen molar-refractivity contribution in [1.29, 1.82) is 0 Å². The molecular formula is C120H133F3N16O11. The lowest BCUT2D eigenvalue weighted by Gasteiger charge is -2.46. The average molecular weight is 2030 g/mol. The molecule has 11 aromatic carbocycles. The Labute approximate surface area is 874 Å². The third-order valence-corrected chi connectivity index (χ3v) is 28.8. The summed E-state index contributed by atoms with van der Waals surface area (Å²) in [6.45, 7) is 24.2. The second kappa shape index (κ2) is 51.0. The minimum atomic E-state index is -4.35. The topological polar surface area (TPSA) is 239 Å². The number of carbonyl (C=O) groups excluding carboxylic acids is 1. The van der Waals surface area contributed by atoms with Crippen molar-refractivity contribution >= 4 is 28.7 Å². The number of carbonyl (C=O) groups is 1. The van der Waals surface area contributed by atoms with Crippen LogP contribution in [-0.2, 0) is 67.8 Å². The Bertz CT molecular complexity index is 6880. The largest absolute Gasteiger partial charge is 0.508 e. The second-order valence-electron chi connectivity index (χ2n) is 39.1. The Balaban J connectivity index is 0.000000131. The van der Waals surface area contributed by atoms with Crippen molar-refractivity contribution in [3.05, 3.63) is 402 Å². The maximum Gasteiger partial charge on any atom is 0.416 e. The zero-order valence-corrected chi connectivity index (χ0v) is 85.8. The first-order valence-electron chi connectivity index (χ1n) is 52.3. The molecule has 7 aliphatic rings. The molecule has 14 aromatic rings. The van der Waals surface area contributed by atoms with E-state index < -0.39 is 17.8 Å². The number of nitrogens with one attached hydrogen (secondary N) is 1. The highest BCUT2D eigenvalue weighted by molar-refractivity contribution is 5.97. The smallest absolute Gasteiger partial charge is 0.416 e. The lowest BCUT2D eigenvalue weighted by Crippen LogP contribution is -2.68. The molecule has 0 radical (unpaired) electrons. The average Bonchev–Trinajstić information content (AvgIpc) is 0.910. The first-order chi connectivity index (χ1) is 73.2. The number of benzene rings is 11. The molecule has 30 heteroatoms. The Morgan fingerprint density at radius 3 is 1.37 bits per heavy atom. The van der Waals surface area contributed by atoms with Gasteiger partial charge in [0, 0.05) is 144 Å². The summed E-state index contributed by atoms with van der Waals surface area (Å²) >= 11 is 0. The van der Waals surface area contributed by atoms with E-state index in [9.17, 15) is 37.5 Å². The van der Waals surface area contributed by atoms with E-state index in [-0.39, 0.29) is 46.6 Å². The fourth-order valence-corrected chi connectivity index (χ4v) is 20.5. The minimum Gasteiger partial charge on any atom is -0.508 e. The number of para-hydroxylation sites is 4. The number of rotatable bonds is 30. The van der Waals surface area contributed by atoms with Crippen LogP contribution in [0.1, 0.15) is 100 Å². The van der Waals surface area contributed by atoms with Gasteiger partial charge in [0.2, 0.25) is 17.2 Å². The molecule has 2 unspecified atom stereocenters. The number of methoxy groups -OCH3 is 1. The van der Waals surface area contributed by atoms with Gasteiger partial charge in [-0.1, -0.05) is 212 Å². The molecule has 0 spiro atoms. The number of fused-ring (bicyclic) bond motifs is 1. The highest BCUT2D eigenvalue weighted by atomic mass is 19.4. The quantitative estimate of drug-likeness (QED) is 0.0425. The number of hydrogen-bond acceptors (Lipinski definition) is 23. The summed E-state index contributed by atoms with van der Waals surface area (Å²) in [5, 5.41) is 24.9. The third kappa shape index (κ3) is 27.5. The van der Waals surface area contributed by atoms with Crippen molar-refractivity contribution in [2.75, 3.05) is 151 Å². The highest BCUT2D eigenvalue weighted by Gasteiger charge is 2.45. The van der Waals surface area contributed by atoms with Crippen molar-refractivity contribution in [3.63, 3.8) is 0 Å². The van der Waals surface area contributed by atoms with Gasteiger partial charge >= 0.3 is 22.9 Å². The summed E-state index contributed by atoms with van der Waals surface area (Å²) in [4.78, 5) is 73.0. The molecule has 2 atom stereocenters. The number of aromatic hydroxyl groups is 1. The number of nitrogens with zero attached hydrogens (tertiary/aromatic N) is 15. The van der Waals surface area contributed by atoms with E-state index in [1.165, 1.54) is 66.0 Å². The van der Waals surface area contributed by atoms with Gasteiger partial charge in [-0.05, 0) is 200 Å². The van der Waals surface area contributed by atoms with E-state index in [0.717, 1.165) is 199 Å². The molecule has 2 N–H and O–H groups in total. The molecule has 5 saturated heterocycles. The number of hydrogen-bond donors (Lipinski definition) is 2. The van der Waals surface area contributed by atoms with E-state index in [0.29, 0.717) is 99.7 Å². The first-order valence-corrected chi connectivity index (χ1v) is 52.3. The zero-order valence-electron chi connectivity index (χ0n) is 85.8. The molecule has 3 aromatic heterocycles. The normalized spacial score (nSPS) is 17.2. The summed E-state index contributed by atoms with van der Waals surface area (Å²) in [6, 6.07) is 91.9. The maximum atomic E-state index is 13.9. The van der Waals surface area contributed by atoms with Gasteiger partial charge in [0.15, 0.2) is 6.10 Å². The number of phenolic OH excluding ortho intramolecular Hbond substituents is 1. The van der Waals surface area contributed by atoms with Crippen LogP contribution in [0.2, 0.25) is 0 Å². The van der Waals surface area contributed by atoms with Crippen LogP contribution in [0.15, 0.2) is 324 Å². The lowest BCUT2D eigenvalue weighted by atomic mass is 9.98. The molecule has 150 heavy (non-hydrogen) atoms. The second-order valence-corrected chi connectivity index (χ2v) is 39.1. The predicted octanol–water partition coefficient (Wildman–Crippen LogP) is 17.6. The molecule has 27 nitrogen and oxygen atoms in total. The van der Waals surface area contributed by atoms with Crippen LogP contribution in [0.3, 0.4) is 0 Å². The lowest BCUT2D eigenvalue weighted by molar-refractivity contribution is -0.145. The van der Waals surface area contributed by atoms with Crippen molar-refractivity contribution in [3.8, 4) is 51.6 Å². The summed E-state index contributed by atoms with van der Waals surface area (Å²) in [6.07, 6.45) is 8.17.